The molecule has 116 valence electrons. The van der Waals surface area contributed by atoms with Crippen LogP contribution in [0.3, 0.4) is 0 Å². The molecule has 0 amide bonds. The molecule has 0 fully saturated rings. The second-order valence-electron chi connectivity index (χ2n) is 4.81. The highest BCUT2D eigenvalue weighted by Crippen LogP contribution is 2.20. The van der Waals surface area contributed by atoms with Gasteiger partial charge in [0, 0.05) is 5.69 Å². The molecule has 0 aliphatic rings. The van der Waals surface area contributed by atoms with Gasteiger partial charge in [0.2, 0.25) is 0 Å². The highest BCUT2D eigenvalue weighted by Gasteiger charge is 2.19. The van der Waals surface area contributed by atoms with Crippen LogP contribution in [0, 0.1) is 12.7 Å². The van der Waals surface area contributed by atoms with Crippen molar-refractivity contribution in [3.05, 3.63) is 59.4 Å². The summed E-state index contributed by atoms with van der Waals surface area (Å²) < 4.78 is 40.5. The molecule has 0 radical (unpaired) electrons. The van der Waals surface area contributed by atoms with Crippen molar-refractivity contribution in [1.82, 2.24) is 0 Å². The molecule has 0 spiro atoms. The summed E-state index contributed by atoms with van der Waals surface area (Å²) in [5.74, 6) is -1.86. The van der Waals surface area contributed by atoms with Crippen molar-refractivity contribution in [2.24, 2.45) is 0 Å². The summed E-state index contributed by atoms with van der Waals surface area (Å²) in [6, 6.07) is 9.79. The van der Waals surface area contributed by atoms with Crippen LogP contribution in [-0.2, 0) is 21.2 Å². The molecule has 2 rings (SSSR count). The van der Waals surface area contributed by atoms with E-state index in [0.717, 1.165) is 6.07 Å². The smallest absolute Gasteiger partial charge is 0.307 e. The van der Waals surface area contributed by atoms with E-state index in [1.807, 2.05) is 0 Å². The van der Waals surface area contributed by atoms with Crippen LogP contribution in [0.1, 0.15) is 11.1 Å². The summed E-state index contributed by atoms with van der Waals surface area (Å²) in [4.78, 5) is 10.2. The molecule has 0 unspecified atom stereocenters. The van der Waals surface area contributed by atoms with Crippen molar-refractivity contribution in [2.75, 3.05) is 4.72 Å². The average molecular weight is 323 g/mol. The normalized spacial score (nSPS) is 11.2. The molecule has 2 aromatic carbocycles. The van der Waals surface area contributed by atoms with Gasteiger partial charge in [0.15, 0.2) is 0 Å². The Balaban J connectivity index is 2.30. The minimum Gasteiger partial charge on any atom is -0.481 e. The fourth-order valence-electron chi connectivity index (χ4n) is 1.95. The minimum atomic E-state index is -4.08. The monoisotopic (exact) mass is 323 g/mol. The van der Waals surface area contributed by atoms with E-state index in [9.17, 15) is 17.6 Å². The largest absolute Gasteiger partial charge is 0.481 e. The van der Waals surface area contributed by atoms with Crippen molar-refractivity contribution >= 4 is 21.7 Å². The third-order valence-corrected chi connectivity index (χ3v) is 4.33. The van der Waals surface area contributed by atoms with Gasteiger partial charge in [-0.25, -0.2) is 12.8 Å². The molecule has 0 bridgehead atoms. The highest BCUT2D eigenvalue weighted by atomic mass is 32.2. The van der Waals surface area contributed by atoms with Crippen LogP contribution in [0.15, 0.2) is 47.4 Å². The molecule has 0 heterocycles. The van der Waals surface area contributed by atoms with Gasteiger partial charge in [-0.05, 0) is 42.3 Å². The van der Waals surface area contributed by atoms with Crippen molar-refractivity contribution in [3.8, 4) is 0 Å². The Bertz CT molecular complexity index is 818. The molecule has 5 nitrogen and oxygen atoms in total. The molecule has 2 N–H and O–H groups in total. The van der Waals surface area contributed by atoms with Gasteiger partial charge in [-0.15, -0.1) is 0 Å². The maximum atomic E-state index is 13.8. The van der Waals surface area contributed by atoms with Gasteiger partial charge < -0.3 is 5.11 Å². The first-order valence-corrected chi connectivity index (χ1v) is 7.86. The van der Waals surface area contributed by atoms with Crippen molar-refractivity contribution < 1.29 is 22.7 Å². The summed E-state index contributed by atoms with van der Waals surface area (Å²) in [6.45, 7) is 1.66. The number of carboxylic acid groups (broad SMARTS) is 1. The van der Waals surface area contributed by atoms with Gasteiger partial charge in [0.05, 0.1) is 6.42 Å². The van der Waals surface area contributed by atoms with Gasteiger partial charge in [0.25, 0.3) is 10.0 Å². The number of hydrogen-bond acceptors (Lipinski definition) is 3. The Morgan fingerprint density at radius 1 is 1.23 bits per heavy atom. The van der Waals surface area contributed by atoms with Gasteiger partial charge in [-0.3, -0.25) is 9.52 Å². The number of sulfonamides is 1. The average Bonchev–Trinajstić information content (AvgIpc) is 2.36. The van der Waals surface area contributed by atoms with Crippen molar-refractivity contribution in [3.63, 3.8) is 0 Å². The molecule has 0 saturated carbocycles. The van der Waals surface area contributed by atoms with E-state index in [2.05, 4.69) is 4.72 Å². The fourth-order valence-corrected chi connectivity index (χ4v) is 3.06. The second kappa shape index (κ2) is 6.15. The lowest BCUT2D eigenvalue weighted by Crippen LogP contribution is -2.15. The summed E-state index contributed by atoms with van der Waals surface area (Å²) in [5, 5.41) is 8.74. The molecule has 0 aliphatic heterocycles. The molecule has 0 atom stereocenters. The number of halogens is 1. The van der Waals surface area contributed by atoms with Crippen LogP contribution in [-0.4, -0.2) is 19.5 Å². The standard InChI is InChI=1S/C15H14FNO4S/c1-10-5-6-14(13(16)7-10)22(20,21)17-12-4-2-3-11(8-12)9-15(18)19/h2-8,17H,9H2,1H3,(H,18,19). The molecule has 2 aromatic rings. The van der Waals surface area contributed by atoms with Crippen LogP contribution in [0.25, 0.3) is 0 Å². The minimum absolute atomic E-state index is 0.179. The first kappa shape index (κ1) is 16.0. The quantitative estimate of drug-likeness (QED) is 0.886. The number of aliphatic carboxylic acids is 1. The maximum absolute atomic E-state index is 13.8. The van der Waals surface area contributed by atoms with Crippen LogP contribution in [0.2, 0.25) is 0 Å². The lowest BCUT2D eigenvalue weighted by atomic mass is 10.1. The molecular weight excluding hydrogens is 309 g/mol. The first-order chi connectivity index (χ1) is 10.3. The van der Waals surface area contributed by atoms with Gasteiger partial charge >= 0.3 is 5.97 Å². The Morgan fingerprint density at radius 3 is 2.59 bits per heavy atom. The topological polar surface area (TPSA) is 83.5 Å². The number of anilines is 1. The molecule has 0 aliphatic carbocycles. The predicted molar refractivity (Wildman–Crippen MR) is 79.7 cm³/mol. The Kier molecular flexibility index (Phi) is 4.46. The van der Waals surface area contributed by atoms with Crippen molar-refractivity contribution in [1.29, 1.82) is 0 Å². The van der Waals surface area contributed by atoms with Crippen molar-refractivity contribution in [2.45, 2.75) is 18.2 Å². The van der Waals surface area contributed by atoms with Gasteiger partial charge in [-0.2, -0.15) is 0 Å². The van der Waals surface area contributed by atoms with E-state index in [1.54, 1.807) is 13.0 Å². The van der Waals surface area contributed by atoms with Crippen LogP contribution < -0.4 is 4.72 Å². The third kappa shape index (κ3) is 3.82. The number of aryl methyl sites for hydroxylation is 1. The molecule has 22 heavy (non-hydrogen) atoms. The number of carbonyl (C=O) groups is 1. The summed E-state index contributed by atoms with van der Waals surface area (Å²) in [7, 11) is -4.08. The number of hydrogen-bond donors (Lipinski definition) is 2. The van der Waals surface area contributed by atoms with E-state index in [4.69, 9.17) is 5.11 Å². The molecule has 7 heteroatoms. The molecule has 0 saturated heterocycles. The summed E-state index contributed by atoms with van der Waals surface area (Å²) in [6.07, 6.45) is -0.228. The zero-order valence-electron chi connectivity index (χ0n) is 11.7. The number of nitrogens with one attached hydrogen (secondary N) is 1. The first-order valence-electron chi connectivity index (χ1n) is 6.37. The zero-order valence-corrected chi connectivity index (χ0v) is 12.5. The summed E-state index contributed by atoms with van der Waals surface area (Å²) >= 11 is 0. The van der Waals surface area contributed by atoms with E-state index < -0.39 is 26.7 Å². The highest BCUT2D eigenvalue weighted by molar-refractivity contribution is 7.92. The second-order valence-corrected chi connectivity index (χ2v) is 6.46. The zero-order chi connectivity index (χ0) is 16.3. The number of carboxylic acids is 1. The maximum Gasteiger partial charge on any atom is 0.307 e. The van der Waals surface area contributed by atoms with Gasteiger partial charge in [-0.1, -0.05) is 18.2 Å². The van der Waals surface area contributed by atoms with Gasteiger partial charge in [0.1, 0.15) is 10.7 Å². The Hall–Kier alpha value is -2.41. The predicted octanol–water partition coefficient (Wildman–Crippen LogP) is 2.56. The number of rotatable bonds is 5. The Labute approximate surface area is 127 Å². The van der Waals surface area contributed by atoms with Crippen LogP contribution in [0.4, 0.5) is 10.1 Å². The fraction of sp³-hybridized carbons (Fsp3) is 0.133. The number of benzene rings is 2. The van der Waals surface area contributed by atoms with Crippen LogP contribution >= 0.6 is 0 Å². The Morgan fingerprint density at radius 2 is 1.95 bits per heavy atom. The molecular formula is C15H14FNO4S. The van der Waals surface area contributed by atoms with E-state index in [1.165, 1.54) is 30.3 Å². The lowest BCUT2D eigenvalue weighted by molar-refractivity contribution is -0.136. The lowest BCUT2D eigenvalue weighted by Gasteiger charge is -2.10. The van der Waals surface area contributed by atoms with E-state index in [0.29, 0.717) is 11.1 Å². The van der Waals surface area contributed by atoms with E-state index in [-0.39, 0.29) is 12.1 Å². The molecule has 0 aromatic heterocycles. The summed E-state index contributed by atoms with van der Waals surface area (Å²) in [5.41, 5.74) is 1.23. The third-order valence-electron chi connectivity index (χ3n) is 2.91. The van der Waals surface area contributed by atoms with E-state index >= 15 is 0 Å². The van der Waals surface area contributed by atoms with Crippen LogP contribution in [0.5, 0.6) is 0 Å². The SMILES string of the molecule is Cc1ccc(S(=O)(=O)Nc2cccc(CC(=O)O)c2)c(F)c1.